The lowest BCUT2D eigenvalue weighted by molar-refractivity contribution is -0.0719. The molecule has 0 spiro atoms. The van der Waals surface area contributed by atoms with Crippen molar-refractivity contribution in [3.8, 4) is 0 Å². The number of hydrogen-bond donors (Lipinski definition) is 1. The van der Waals surface area contributed by atoms with E-state index in [0.29, 0.717) is 24.8 Å². The van der Waals surface area contributed by atoms with Gasteiger partial charge in [0.2, 0.25) is 0 Å². The van der Waals surface area contributed by atoms with Crippen LogP contribution in [0.5, 0.6) is 0 Å². The molecule has 1 aromatic carbocycles. The Morgan fingerprint density at radius 1 is 1.19 bits per heavy atom. The SMILES string of the molecule is COC(NC1CCCCC1)C1(C)Cn2c(cc3occc32)C(=O)N1CCc1ccccc1. The van der Waals surface area contributed by atoms with Crippen LogP contribution in [-0.2, 0) is 17.7 Å². The maximum Gasteiger partial charge on any atom is 0.271 e. The van der Waals surface area contributed by atoms with Gasteiger partial charge in [-0.1, -0.05) is 49.6 Å². The third-order valence-electron chi connectivity index (χ3n) is 7.34. The molecular weight excluding hydrogens is 402 g/mol. The van der Waals surface area contributed by atoms with E-state index in [9.17, 15) is 4.79 Å². The van der Waals surface area contributed by atoms with E-state index in [1.165, 1.54) is 24.8 Å². The normalized spacial score (nSPS) is 22.9. The first-order valence-corrected chi connectivity index (χ1v) is 11.8. The number of furan rings is 1. The third kappa shape index (κ3) is 3.76. The molecule has 1 aliphatic heterocycles. The average Bonchev–Trinajstić information content (AvgIpc) is 3.41. The largest absolute Gasteiger partial charge is 0.463 e. The molecule has 2 aliphatic rings. The maximum atomic E-state index is 13.8. The van der Waals surface area contributed by atoms with Crippen molar-refractivity contribution in [2.24, 2.45) is 0 Å². The molecular formula is C26H33N3O3. The van der Waals surface area contributed by atoms with Crippen LogP contribution in [0.2, 0.25) is 0 Å². The monoisotopic (exact) mass is 435 g/mol. The number of methoxy groups -OCH3 is 1. The van der Waals surface area contributed by atoms with Gasteiger partial charge in [-0.3, -0.25) is 10.1 Å². The quantitative estimate of drug-likeness (QED) is 0.552. The van der Waals surface area contributed by atoms with Crippen molar-refractivity contribution in [3.05, 3.63) is 60.0 Å². The van der Waals surface area contributed by atoms with Gasteiger partial charge in [-0.05, 0) is 31.7 Å². The lowest BCUT2D eigenvalue weighted by Gasteiger charge is -2.50. The van der Waals surface area contributed by atoms with Crippen molar-refractivity contribution in [2.75, 3.05) is 13.7 Å². The minimum Gasteiger partial charge on any atom is -0.463 e. The van der Waals surface area contributed by atoms with Crippen molar-refractivity contribution in [3.63, 3.8) is 0 Å². The number of rotatable bonds is 7. The topological polar surface area (TPSA) is 59.6 Å². The van der Waals surface area contributed by atoms with Crippen molar-refractivity contribution in [2.45, 2.75) is 69.8 Å². The van der Waals surface area contributed by atoms with Crippen LogP contribution in [0, 0.1) is 0 Å². The number of amides is 1. The van der Waals surface area contributed by atoms with Gasteiger partial charge in [-0.15, -0.1) is 0 Å². The zero-order chi connectivity index (χ0) is 22.1. The summed E-state index contributed by atoms with van der Waals surface area (Å²) in [6, 6.07) is 14.6. The third-order valence-corrected chi connectivity index (χ3v) is 7.34. The number of fused-ring (bicyclic) bond motifs is 3. The predicted octanol–water partition coefficient (Wildman–Crippen LogP) is 4.59. The van der Waals surface area contributed by atoms with E-state index in [2.05, 4.69) is 41.1 Å². The Morgan fingerprint density at radius 3 is 2.72 bits per heavy atom. The van der Waals surface area contributed by atoms with Gasteiger partial charge in [0.15, 0.2) is 5.58 Å². The molecule has 3 heterocycles. The van der Waals surface area contributed by atoms with E-state index in [1.54, 1.807) is 13.4 Å². The number of benzene rings is 1. The molecule has 1 N–H and O–H groups in total. The standard InChI is InChI=1S/C26H33N3O3/c1-26(25(31-2)27-20-11-7-4-8-12-20)18-28-21-14-16-32-23(21)17-22(28)24(30)29(26)15-13-19-9-5-3-6-10-19/h3,5-6,9-10,14,16-17,20,25,27H,4,7-8,11-13,15,18H2,1-2H3. The van der Waals surface area contributed by atoms with E-state index in [1.807, 2.05) is 23.1 Å². The molecule has 1 fully saturated rings. The lowest BCUT2D eigenvalue weighted by Crippen LogP contribution is -2.67. The first-order valence-electron chi connectivity index (χ1n) is 11.8. The lowest BCUT2D eigenvalue weighted by atomic mass is 9.90. The predicted molar refractivity (Wildman–Crippen MR) is 125 cm³/mol. The molecule has 3 aromatic rings. The van der Waals surface area contributed by atoms with Crippen LogP contribution < -0.4 is 5.32 Å². The number of aromatic nitrogens is 1. The van der Waals surface area contributed by atoms with Gasteiger partial charge in [-0.2, -0.15) is 0 Å². The molecule has 2 unspecified atom stereocenters. The Morgan fingerprint density at radius 2 is 1.97 bits per heavy atom. The van der Waals surface area contributed by atoms with Crippen molar-refractivity contribution >= 4 is 17.0 Å². The molecule has 32 heavy (non-hydrogen) atoms. The fraction of sp³-hybridized carbons (Fsp3) is 0.500. The van der Waals surface area contributed by atoms with E-state index in [0.717, 1.165) is 30.4 Å². The van der Waals surface area contributed by atoms with Crippen LogP contribution >= 0.6 is 0 Å². The van der Waals surface area contributed by atoms with E-state index >= 15 is 0 Å². The zero-order valence-corrected chi connectivity index (χ0v) is 19.0. The molecule has 1 amide bonds. The van der Waals surface area contributed by atoms with E-state index < -0.39 is 5.54 Å². The summed E-state index contributed by atoms with van der Waals surface area (Å²) >= 11 is 0. The number of hydrogen-bond acceptors (Lipinski definition) is 4. The maximum absolute atomic E-state index is 13.8. The molecule has 6 nitrogen and oxygen atoms in total. The van der Waals surface area contributed by atoms with Crippen molar-refractivity contribution in [1.82, 2.24) is 14.8 Å². The molecule has 6 heteroatoms. The fourth-order valence-corrected chi connectivity index (χ4v) is 5.55. The van der Waals surface area contributed by atoms with Gasteiger partial charge < -0.3 is 18.6 Å². The van der Waals surface area contributed by atoms with Crippen LogP contribution in [0.25, 0.3) is 11.1 Å². The summed E-state index contributed by atoms with van der Waals surface area (Å²) in [7, 11) is 1.75. The number of carbonyl (C=O) groups is 1. The number of nitrogens with one attached hydrogen (secondary N) is 1. The highest BCUT2D eigenvalue weighted by molar-refractivity contribution is 5.99. The summed E-state index contributed by atoms with van der Waals surface area (Å²) < 4.78 is 13.8. The second-order valence-corrected chi connectivity index (χ2v) is 9.45. The van der Waals surface area contributed by atoms with E-state index in [4.69, 9.17) is 9.15 Å². The van der Waals surface area contributed by atoms with Crippen molar-refractivity contribution in [1.29, 1.82) is 0 Å². The molecule has 2 aromatic heterocycles. The van der Waals surface area contributed by atoms with Crippen LogP contribution in [0.3, 0.4) is 0 Å². The molecule has 170 valence electrons. The summed E-state index contributed by atoms with van der Waals surface area (Å²) in [5.41, 5.74) is 3.11. The highest BCUT2D eigenvalue weighted by atomic mass is 16.5. The number of carbonyl (C=O) groups excluding carboxylic acids is 1. The Kier molecular flexibility index (Phi) is 5.82. The van der Waals surface area contributed by atoms with Gasteiger partial charge in [-0.25, -0.2) is 0 Å². The Labute approximate surface area is 189 Å². The number of nitrogens with zero attached hydrogens (tertiary/aromatic N) is 2. The highest BCUT2D eigenvalue weighted by Gasteiger charge is 2.48. The zero-order valence-electron chi connectivity index (χ0n) is 19.0. The molecule has 2 atom stereocenters. The van der Waals surface area contributed by atoms with Gasteiger partial charge in [0.1, 0.15) is 11.9 Å². The second kappa shape index (κ2) is 8.75. The summed E-state index contributed by atoms with van der Waals surface area (Å²) in [6.07, 6.45) is 8.36. The molecule has 0 bridgehead atoms. The van der Waals surface area contributed by atoms with Crippen LogP contribution in [0.15, 0.2) is 53.1 Å². The summed E-state index contributed by atoms with van der Waals surface area (Å²) in [4.78, 5) is 15.8. The first-order chi connectivity index (χ1) is 15.6. The fourth-order valence-electron chi connectivity index (χ4n) is 5.55. The molecule has 1 saturated carbocycles. The van der Waals surface area contributed by atoms with Gasteiger partial charge in [0.05, 0.1) is 23.9 Å². The molecule has 5 rings (SSSR count). The minimum absolute atomic E-state index is 0.0357. The molecule has 0 radical (unpaired) electrons. The summed E-state index contributed by atoms with van der Waals surface area (Å²) in [5.74, 6) is 0.0357. The van der Waals surface area contributed by atoms with Crippen LogP contribution in [0.1, 0.15) is 55.1 Å². The summed E-state index contributed by atoms with van der Waals surface area (Å²) in [5, 5.41) is 3.78. The number of ether oxygens (including phenoxy) is 1. The van der Waals surface area contributed by atoms with Crippen molar-refractivity contribution < 1.29 is 13.9 Å². The van der Waals surface area contributed by atoms with Crippen LogP contribution in [0.4, 0.5) is 0 Å². The van der Waals surface area contributed by atoms with Gasteiger partial charge >= 0.3 is 0 Å². The minimum atomic E-state index is -0.533. The highest BCUT2D eigenvalue weighted by Crippen LogP contribution is 2.35. The van der Waals surface area contributed by atoms with Gasteiger partial charge in [0, 0.05) is 31.8 Å². The summed E-state index contributed by atoms with van der Waals surface area (Å²) in [6.45, 7) is 3.46. The molecule has 1 aliphatic carbocycles. The smallest absolute Gasteiger partial charge is 0.271 e. The first kappa shape index (κ1) is 21.3. The molecule has 0 saturated heterocycles. The Balaban J connectivity index is 1.49. The van der Waals surface area contributed by atoms with Gasteiger partial charge in [0.25, 0.3) is 5.91 Å². The second-order valence-electron chi connectivity index (χ2n) is 9.45. The van der Waals surface area contributed by atoms with E-state index in [-0.39, 0.29) is 12.1 Å². The van der Waals surface area contributed by atoms with Crippen LogP contribution in [-0.4, -0.2) is 46.8 Å². The Hall–Kier alpha value is -2.57. The Bertz CT molecular complexity index is 1070. The average molecular weight is 436 g/mol.